The third kappa shape index (κ3) is 10.6. The van der Waals surface area contributed by atoms with Gasteiger partial charge in [-0.1, -0.05) is 26.2 Å². The summed E-state index contributed by atoms with van der Waals surface area (Å²) < 4.78 is 26.1. The lowest BCUT2D eigenvalue weighted by atomic mass is 10.2. The maximum atomic E-state index is 11.1. The molecule has 0 aromatic carbocycles. The van der Waals surface area contributed by atoms with Crippen LogP contribution in [0.5, 0.6) is 0 Å². The average molecular weight is 260 g/mol. The molecule has 0 rings (SSSR count). The largest absolute Gasteiger partial charge is 0.340 e. The third-order valence-electron chi connectivity index (χ3n) is 1.65. The molecule has 0 bridgehead atoms. The van der Waals surface area contributed by atoms with E-state index in [0.29, 0.717) is 6.42 Å². The van der Waals surface area contributed by atoms with Crippen LogP contribution in [0.4, 0.5) is 0 Å². The Labute approximate surface area is 89.4 Å². The van der Waals surface area contributed by atoms with Crippen LogP contribution in [-0.4, -0.2) is 27.2 Å². The van der Waals surface area contributed by atoms with E-state index in [2.05, 4.69) is 4.52 Å². The summed E-state index contributed by atoms with van der Waals surface area (Å²) in [5.41, 5.74) is 0. The fourth-order valence-corrected chi connectivity index (χ4v) is 3.61. The Morgan fingerprint density at radius 3 is 2.13 bits per heavy atom. The van der Waals surface area contributed by atoms with Crippen LogP contribution >= 0.6 is 15.2 Å². The lowest BCUT2D eigenvalue weighted by Gasteiger charge is -2.12. The Kier molecular flexibility index (Phi) is 6.93. The van der Waals surface area contributed by atoms with Crippen molar-refractivity contribution < 1.29 is 28.3 Å². The zero-order valence-electron chi connectivity index (χ0n) is 8.70. The molecule has 3 N–H and O–H groups in total. The summed E-state index contributed by atoms with van der Waals surface area (Å²) in [6, 6.07) is 0. The molecule has 0 saturated heterocycles. The van der Waals surface area contributed by atoms with Gasteiger partial charge in [0.05, 0.1) is 6.61 Å². The second-order valence-corrected chi connectivity index (χ2v) is 7.33. The Bertz CT molecular complexity index is 260. The molecule has 1 unspecified atom stereocenters. The monoisotopic (exact) mass is 260 g/mol. The van der Waals surface area contributed by atoms with Gasteiger partial charge in [0.1, 0.15) is 0 Å². The van der Waals surface area contributed by atoms with E-state index in [1.807, 2.05) is 6.92 Å². The zero-order valence-corrected chi connectivity index (χ0v) is 10.5. The fourth-order valence-electron chi connectivity index (χ4n) is 1.01. The molecule has 8 heteroatoms. The van der Waals surface area contributed by atoms with Crippen molar-refractivity contribution in [2.75, 3.05) is 12.5 Å². The van der Waals surface area contributed by atoms with Gasteiger partial charge in [-0.15, -0.1) is 0 Å². The van der Waals surface area contributed by atoms with Crippen LogP contribution in [0.15, 0.2) is 0 Å². The van der Waals surface area contributed by atoms with Crippen LogP contribution in [0, 0.1) is 0 Å². The van der Waals surface area contributed by atoms with Gasteiger partial charge in [0, 0.05) is 0 Å². The first-order valence-electron chi connectivity index (χ1n) is 4.78. The van der Waals surface area contributed by atoms with Gasteiger partial charge in [0.15, 0.2) is 5.90 Å². The molecule has 1 atom stereocenters. The molecule has 0 spiro atoms. The van der Waals surface area contributed by atoms with E-state index in [0.717, 1.165) is 19.3 Å². The maximum Gasteiger partial charge on any atom is 0.340 e. The highest BCUT2D eigenvalue weighted by atomic mass is 31.2. The van der Waals surface area contributed by atoms with Crippen molar-refractivity contribution in [2.24, 2.45) is 0 Å². The van der Waals surface area contributed by atoms with Crippen molar-refractivity contribution in [3.8, 4) is 0 Å². The van der Waals surface area contributed by atoms with E-state index in [-0.39, 0.29) is 6.61 Å². The van der Waals surface area contributed by atoms with E-state index < -0.39 is 21.1 Å². The molecule has 0 aliphatic rings. The minimum atomic E-state index is -4.49. The van der Waals surface area contributed by atoms with Crippen LogP contribution in [-0.2, 0) is 13.7 Å². The minimum absolute atomic E-state index is 0.0633. The van der Waals surface area contributed by atoms with Crippen molar-refractivity contribution >= 4 is 15.2 Å². The number of rotatable bonds is 8. The number of hydrogen-bond donors (Lipinski definition) is 3. The first-order valence-corrected chi connectivity index (χ1v) is 8.34. The molecular formula is C7H18O6P2. The van der Waals surface area contributed by atoms with Gasteiger partial charge in [-0.25, -0.2) is 0 Å². The van der Waals surface area contributed by atoms with Gasteiger partial charge < -0.3 is 19.2 Å². The first-order chi connectivity index (χ1) is 6.77. The Balaban J connectivity index is 3.75. The van der Waals surface area contributed by atoms with Crippen molar-refractivity contribution in [1.29, 1.82) is 0 Å². The van der Waals surface area contributed by atoms with Gasteiger partial charge in [0.2, 0.25) is 0 Å². The molecule has 0 radical (unpaired) electrons. The molecule has 0 amide bonds. The topological polar surface area (TPSA) is 104 Å². The average Bonchev–Trinajstić information content (AvgIpc) is 1.99. The lowest BCUT2D eigenvalue weighted by Crippen LogP contribution is -1.97. The van der Waals surface area contributed by atoms with Crippen LogP contribution in [0.2, 0.25) is 0 Å². The molecular weight excluding hydrogens is 242 g/mol. The SMILES string of the molecule is CCCCCCOP(=O)(O)CP(=O)(O)O. The van der Waals surface area contributed by atoms with E-state index in [1.165, 1.54) is 0 Å². The smallest absolute Gasteiger partial charge is 0.324 e. The molecule has 0 aromatic heterocycles. The second-order valence-electron chi connectivity index (χ2n) is 3.34. The van der Waals surface area contributed by atoms with Crippen LogP contribution in [0.3, 0.4) is 0 Å². The summed E-state index contributed by atoms with van der Waals surface area (Å²) in [6.45, 7) is 2.10. The normalized spacial score (nSPS) is 16.3. The van der Waals surface area contributed by atoms with E-state index >= 15 is 0 Å². The van der Waals surface area contributed by atoms with E-state index in [1.54, 1.807) is 0 Å². The van der Waals surface area contributed by atoms with Gasteiger partial charge in [-0.05, 0) is 6.42 Å². The second kappa shape index (κ2) is 6.79. The summed E-state index contributed by atoms with van der Waals surface area (Å²) >= 11 is 0. The molecule has 0 fully saturated rings. The van der Waals surface area contributed by atoms with Crippen molar-refractivity contribution in [3.05, 3.63) is 0 Å². The molecule has 0 heterocycles. The summed E-state index contributed by atoms with van der Waals surface area (Å²) in [6.07, 6.45) is 3.56. The first kappa shape index (κ1) is 15.3. The predicted octanol–water partition coefficient (Wildman–Crippen LogP) is 1.90. The fraction of sp³-hybridized carbons (Fsp3) is 1.00. The summed E-state index contributed by atoms with van der Waals surface area (Å²) in [7, 11) is -8.61. The van der Waals surface area contributed by atoms with Gasteiger partial charge in [-0.2, -0.15) is 0 Å². The van der Waals surface area contributed by atoms with Gasteiger partial charge >= 0.3 is 15.2 Å². The van der Waals surface area contributed by atoms with Crippen LogP contribution in [0.1, 0.15) is 32.6 Å². The van der Waals surface area contributed by atoms with Gasteiger partial charge in [-0.3, -0.25) is 9.13 Å². The lowest BCUT2D eigenvalue weighted by molar-refractivity contribution is 0.254. The third-order valence-corrected chi connectivity index (χ3v) is 5.14. The number of hydrogen-bond acceptors (Lipinski definition) is 3. The van der Waals surface area contributed by atoms with E-state index in [4.69, 9.17) is 14.7 Å². The van der Waals surface area contributed by atoms with Gasteiger partial charge in [0.25, 0.3) is 0 Å². The molecule has 15 heavy (non-hydrogen) atoms. The molecule has 6 nitrogen and oxygen atoms in total. The molecule has 0 saturated carbocycles. The Hall–Kier alpha value is 0.300. The standard InChI is InChI=1S/C7H18O6P2/c1-2-3-4-5-6-13-15(11,12)7-14(8,9)10/h2-7H2,1H3,(H,11,12)(H2,8,9,10). The van der Waals surface area contributed by atoms with Crippen molar-refractivity contribution in [3.63, 3.8) is 0 Å². The van der Waals surface area contributed by atoms with Crippen LogP contribution in [0.25, 0.3) is 0 Å². The highest BCUT2D eigenvalue weighted by molar-refractivity contribution is 7.70. The molecule has 0 aliphatic heterocycles. The maximum absolute atomic E-state index is 11.1. The quantitative estimate of drug-likeness (QED) is 0.455. The predicted molar refractivity (Wildman–Crippen MR) is 56.8 cm³/mol. The minimum Gasteiger partial charge on any atom is -0.324 e. The molecule has 0 aliphatic carbocycles. The summed E-state index contributed by atoms with van der Waals surface area (Å²) in [5, 5.41) is 0. The summed E-state index contributed by atoms with van der Waals surface area (Å²) in [5.74, 6) is -1.10. The molecule has 0 aromatic rings. The highest BCUT2D eigenvalue weighted by Crippen LogP contribution is 2.55. The highest BCUT2D eigenvalue weighted by Gasteiger charge is 2.30. The van der Waals surface area contributed by atoms with Crippen molar-refractivity contribution in [1.82, 2.24) is 0 Å². The summed E-state index contributed by atoms with van der Waals surface area (Å²) in [4.78, 5) is 26.0. The van der Waals surface area contributed by atoms with Crippen molar-refractivity contribution in [2.45, 2.75) is 32.6 Å². The number of unbranched alkanes of at least 4 members (excludes halogenated alkanes) is 3. The molecule has 92 valence electrons. The van der Waals surface area contributed by atoms with E-state index in [9.17, 15) is 9.13 Å². The Morgan fingerprint density at radius 2 is 1.67 bits per heavy atom. The zero-order chi connectivity index (χ0) is 11.9. The Morgan fingerprint density at radius 1 is 1.07 bits per heavy atom. The van der Waals surface area contributed by atoms with Crippen LogP contribution < -0.4 is 0 Å².